The molecule has 20 heavy (non-hydrogen) atoms. The predicted octanol–water partition coefficient (Wildman–Crippen LogP) is 1.97. The maximum absolute atomic E-state index is 6.21. The molecular formula is C17H29N3. The van der Waals surface area contributed by atoms with Gasteiger partial charge >= 0.3 is 0 Å². The minimum atomic E-state index is 0.117. The van der Waals surface area contributed by atoms with Crippen molar-refractivity contribution in [2.24, 2.45) is 5.73 Å². The number of likely N-dealkylation sites (tertiary alicyclic amines) is 1. The molecule has 1 saturated heterocycles. The van der Waals surface area contributed by atoms with Gasteiger partial charge in [0.1, 0.15) is 0 Å². The molecule has 1 aliphatic rings. The molecule has 0 aliphatic carbocycles. The molecule has 2 atom stereocenters. The molecule has 3 nitrogen and oxygen atoms in total. The summed E-state index contributed by atoms with van der Waals surface area (Å²) in [4.78, 5) is 4.98. The van der Waals surface area contributed by atoms with E-state index in [1.807, 2.05) is 0 Å². The van der Waals surface area contributed by atoms with Gasteiger partial charge in [0.25, 0.3) is 0 Å². The first-order chi connectivity index (χ1) is 9.61. The zero-order valence-corrected chi connectivity index (χ0v) is 13.2. The maximum atomic E-state index is 6.21. The maximum Gasteiger partial charge on any atom is 0.0369 e. The zero-order valence-electron chi connectivity index (χ0n) is 13.2. The molecule has 2 N–H and O–H groups in total. The van der Waals surface area contributed by atoms with Crippen molar-refractivity contribution < 1.29 is 0 Å². The fourth-order valence-corrected chi connectivity index (χ4v) is 3.38. The quantitative estimate of drug-likeness (QED) is 0.861. The first kappa shape index (κ1) is 15.5. The Morgan fingerprint density at radius 2 is 2.00 bits per heavy atom. The highest BCUT2D eigenvalue weighted by Crippen LogP contribution is 2.29. The first-order valence-electron chi connectivity index (χ1n) is 7.77. The third kappa shape index (κ3) is 3.22. The average molecular weight is 275 g/mol. The summed E-state index contributed by atoms with van der Waals surface area (Å²) in [6, 6.07) is 11.4. The summed E-state index contributed by atoms with van der Waals surface area (Å²) >= 11 is 0. The van der Waals surface area contributed by atoms with Crippen LogP contribution in [0.2, 0.25) is 0 Å². The number of likely N-dealkylation sites (N-methyl/N-ethyl adjacent to an activating group) is 1. The van der Waals surface area contributed by atoms with E-state index in [-0.39, 0.29) is 5.54 Å². The number of benzene rings is 1. The second-order valence-corrected chi connectivity index (χ2v) is 6.30. The Kier molecular flexibility index (Phi) is 5.19. The van der Waals surface area contributed by atoms with Crippen molar-refractivity contribution in [1.29, 1.82) is 0 Å². The van der Waals surface area contributed by atoms with Crippen LogP contribution in [0.3, 0.4) is 0 Å². The van der Waals surface area contributed by atoms with Gasteiger partial charge in [-0.05, 0) is 38.9 Å². The molecule has 3 heteroatoms. The molecular weight excluding hydrogens is 246 g/mol. The molecule has 0 bridgehead atoms. The molecule has 1 aromatic carbocycles. The van der Waals surface area contributed by atoms with Crippen LogP contribution in [0.15, 0.2) is 30.3 Å². The Morgan fingerprint density at radius 1 is 1.30 bits per heavy atom. The van der Waals surface area contributed by atoms with Crippen molar-refractivity contribution in [2.45, 2.75) is 37.8 Å². The fraction of sp³-hybridized carbons (Fsp3) is 0.647. The van der Waals surface area contributed by atoms with Crippen LogP contribution in [-0.4, -0.2) is 55.1 Å². The fourth-order valence-electron chi connectivity index (χ4n) is 3.38. The number of nitrogens with two attached hydrogens (primary N) is 1. The van der Waals surface area contributed by atoms with E-state index in [2.05, 4.69) is 61.2 Å². The van der Waals surface area contributed by atoms with Crippen molar-refractivity contribution >= 4 is 0 Å². The molecule has 1 fully saturated rings. The lowest BCUT2D eigenvalue weighted by Crippen LogP contribution is -2.54. The van der Waals surface area contributed by atoms with Gasteiger partial charge in [0.05, 0.1) is 0 Å². The number of nitrogens with zero attached hydrogens (tertiary/aromatic N) is 2. The number of hydrogen-bond acceptors (Lipinski definition) is 3. The van der Waals surface area contributed by atoms with Crippen LogP contribution in [0.5, 0.6) is 0 Å². The van der Waals surface area contributed by atoms with Crippen molar-refractivity contribution in [2.75, 3.05) is 33.7 Å². The van der Waals surface area contributed by atoms with Gasteiger partial charge in [-0.3, -0.25) is 4.90 Å². The molecule has 2 rings (SSSR count). The Labute approximate surface area is 123 Å². The summed E-state index contributed by atoms with van der Waals surface area (Å²) < 4.78 is 0. The van der Waals surface area contributed by atoms with E-state index >= 15 is 0 Å². The number of hydrogen-bond donors (Lipinski definition) is 1. The Morgan fingerprint density at radius 3 is 2.50 bits per heavy atom. The third-order valence-corrected chi connectivity index (χ3v) is 4.98. The molecule has 1 aliphatic heterocycles. The van der Waals surface area contributed by atoms with Gasteiger partial charge in [-0.1, -0.05) is 37.3 Å². The van der Waals surface area contributed by atoms with Crippen LogP contribution in [0.1, 0.15) is 25.3 Å². The van der Waals surface area contributed by atoms with Crippen molar-refractivity contribution in [3.63, 3.8) is 0 Å². The molecule has 0 spiro atoms. The normalized spacial score (nSPS) is 23.1. The van der Waals surface area contributed by atoms with Crippen LogP contribution < -0.4 is 5.73 Å². The standard InChI is InChI=1S/C17H29N3/c1-4-17(14-18,12-15-8-6-5-7-9-15)20-11-10-16(13-20)19(2)3/h5-9,16H,4,10-14,18H2,1-3H3. The molecule has 112 valence electrons. The molecule has 1 heterocycles. The van der Waals surface area contributed by atoms with Crippen LogP contribution in [0, 0.1) is 0 Å². The van der Waals surface area contributed by atoms with Crippen LogP contribution in [0.4, 0.5) is 0 Å². The smallest absolute Gasteiger partial charge is 0.0369 e. The van der Waals surface area contributed by atoms with E-state index in [1.54, 1.807) is 0 Å². The predicted molar refractivity (Wildman–Crippen MR) is 85.9 cm³/mol. The van der Waals surface area contributed by atoms with Gasteiger partial charge in [0.15, 0.2) is 0 Å². The van der Waals surface area contributed by atoms with Gasteiger partial charge in [-0.15, -0.1) is 0 Å². The second-order valence-electron chi connectivity index (χ2n) is 6.30. The van der Waals surface area contributed by atoms with Crippen LogP contribution in [-0.2, 0) is 6.42 Å². The minimum absolute atomic E-state index is 0.117. The second kappa shape index (κ2) is 6.70. The highest BCUT2D eigenvalue weighted by molar-refractivity contribution is 5.19. The summed E-state index contributed by atoms with van der Waals surface area (Å²) in [6.07, 6.45) is 3.42. The zero-order chi connectivity index (χ0) is 14.6. The van der Waals surface area contributed by atoms with E-state index < -0.39 is 0 Å². The van der Waals surface area contributed by atoms with Crippen LogP contribution in [0.25, 0.3) is 0 Å². The highest BCUT2D eigenvalue weighted by Gasteiger charge is 2.38. The lowest BCUT2D eigenvalue weighted by molar-refractivity contribution is 0.109. The summed E-state index contributed by atoms with van der Waals surface area (Å²) in [5.74, 6) is 0. The van der Waals surface area contributed by atoms with E-state index in [1.165, 1.54) is 18.5 Å². The van der Waals surface area contributed by atoms with Crippen molar-refractivity contribution in [3.05, 3.63) is 35.9 Å². The highest BCUT2D eigenvalue weighted by atomic mass is 15.3. The monoisotopic (exact) mass is 275 g/mol. The summed E-state index contributed by atoms with van der Waals surface area (Å²) in [5.41, 5.74) is 7.73. The average Bonchev–Trinajstić information content (AvgIpc) is 2.96. The topological polar surface area (TPSA) is 32.5 Å². The third-order valence-electron chi connectivity index (χ3n) is 4.98. The van der Waals surface area contributed by atoms with Crippen molar-refractivity contribution in [3.8, 4) is 0 Å². The van der Waals surface area contributed by atoms with Gasteiger partial charge in [-0.25, -0.2) is 0 Å². The summed E-state index contributed by atoms with van der Waals surface area (Å²) in [7, 11) is 4.36. The van der Waals surface area contributed by atoms with E-state index in [4.69, 9.17) is 5.73 Å². The molecule has 1 aromatic rings. The molecule has 0 saturated carbocycles. The summed E-state index contributed by atoms with van der Waals surface area (Å²) in [6.45, 7) is 5.32. The molecule has 0 radical (unpaired) electrons. The van der Waals surface area contributed by atoms with Gasteiger partial charge in [0, 0.05) is 31.2 Å². The largest absolute Gasteiger partial charge is 0.329 e. The van der Waals surface area contributed by atoms with E-state index in [0.29, 0.717) is 6.04 Å². The summed E-state index contributed by atoms with van der Waals surface area (Å²) in [5, 5.41) is 0. The van der Waals surface area contributed by atoms with Gasteiger partial charge < -0.3 is 10.6 Å². The molecule has 0 amide bonds. The number of rotatable bonds is 6. The van der Waals surface area contributed by atoms with Gasteiger partial charge in [0.2, 0.25) is 0 Å². The lowest BCUT2D eigenvalue weighted by Gasteiger charge is -2.41. The van der Waals surface area contributed by atoms with Gasteiger partial charge in [-0.2, -0.15) is 0 Å². The first-order valence-corrected chi connectivity index (χ1v) is 7.77. The SMILES string of the molecule is CCC(CN)(Cc1ccccc1)N1CCC(N(C)C)C1. The van der Waals surface area contributed by atoms with E-state index in [9.17, 15) is 0 Å². The van der Waals surface area contributed by atoms with Crippen molar-refractivity contribution in [1.82, 2.24) is 9.80 Å². The Bertz CT molecular complexity index is 398. The molecule has 0 aromatic heterocycles. The van der Waals surface area contributed by atoms with E-state index in [0.717, 1.165) is 25.9 Å². The lowest BCUT2D eigenvalue weighted by atomic mass is 9.86. The Hall–Kier alpha value is -0.900. The van der Waals surface area contributed by atoms with Crippen LogP contribution >= 0.6 is 0 Å². The minimum Gasteiger partial charge on any atom is -0.329 e. The Balaban J connectivity index is 2.13. The molecule has 2 unspecified atom stereocenters.